The molecule has 2 aromatic heterocycles. The summed E-state index contributed by atoms with van der Waals surface area (Å²) in [5.74, 6) is -0.994. The summed E-state index contributed by atoms with van der Waals surface area (Å²) >= 11 is 1.65. The van der Waals surface area contributed by atoms with Crippen LogP contribution >= 0.6 is 11.8 Å². The van der Waals surface area contributed by atoms with Crippen LogP contribution in [0.4, 0.5) is 11.7 Å². The third-order valence-corrected chi connectivity index (χ3v) is 4.64. The summed E-state index contributed by atoms with van der Waals surface area (Å²) in [7, 11) is 0. The number of aromatic carboxylic acids is 1. The van der Waals surface area contributed by atoms with Gasteiger partial charge in [0.05, 0.1) is 5.56 Å². The number of pyridine rings is 1. The maximum Gasteiger partial charge on any atom is 0.335 e. The van der Waals surface area contributed by atoms with E-state index in [2.05, 4.69) is 15.3 Å². The molecule has 0 saturated carbocycles. The summed E-state index contributed by atoms with van der Waals surface area (Å²) in [6, 6.07) is 16.7. The first-order valence-corrected chi connectivity index (χ1v) is 8.58. The second-order valence-electron chi connectivity index (χ2n) is 5.44. The second kappa shape index (κ2) is 6.89. The van der Waals surface area contributed by atoms with Crippen LogP contribution in [0.5, 0.6) is 0 Å². The first kappa shape index (κ1) is 16.2. The summed E-state index contributed by atoms with van der Waals surface area (Å²) in [5.41, 5.74) is 2.03. The van der Waals surface area contributed by atoms with Crippen molar-refractivity contribution in [2.24, 2.45) is 0 Å². The molecule has 0 radical (unpaired) electrons. The molecule has 0 saturated heterocycles. The maximum atomic E-state index is 11.0. The van der Waals surface area contributed by atoms with Gasteiger partial charge in [-0.05, 0) is 54.6 Å². The number of hydrogen-bond donors (Lipinski definition) is 2. The van der Waals surface area contributed by atoms with Crippen molar-refractivity contribution >= 4 is 40.5 Å². The van der Waals surface area contributed by atoms with Crippen molar-refractivity contribution in [2.45, 2.75) is 9.79 Å². The van der Waals surface area contributed by atoms with E-state index in [0.717, 1.165) is 15.5 Å². The van der Waals surface area contributed by atoms with Crippen molar-refractivity contribution in [1.82, 2.24) is 9.97 Å². The van der Waals surface area contributed by atoms with Gasteiger partial charge in [-0.3, -0.25) is 4.98 Å². The van der Waals surface area contributed by atoms with E-state index in [-0.39, 0.29) is 5.56 Å². The van der Waals surface area contributed by atoms with Crippen LogP contribution in [0.25, 0.3) is 11.1 Å². The molecule has 4 rings (SSSR count). The number of nitrogens with zero attached hydrogens (tertiary/aromatic N) is 2. The molecule has 128 valence electrons. The Balaban J connectivity index is 1.50. The van der Waals surface area contributed by atoms with Crippen molar-refractivity contribution in [1.29, 1.82) is 0 Å². The number of nitrogens with one attached hydrogen (secondary N) is 1. The fourth-order valence-corrected chi connectivity index (χ4v) is 3.19. The Hall–Kier alpha value is -3.32. The fraction of sp³-hybridized carbons (Fsp3) is 0. The lowest BCUT2D eigenvalue weighted by Gasteiger charge is -2.04. The van der Waals surface area contributed by atoms with Crippen LogP contribution in [0.3, 0.4) is 0 Å². The Morgan fingerprint density at radius 3 is 2.46 bits per heavy atom. The van der Waals surface area contributed by atoms with Crippen LogP contribution in [-0.4, -0.2) is 21.0 Å². The average Bonchev–Trinajstić information content (AvgIpc) is 3.05. The molecule has 0 atom stereocenters. The number of oxazole rings is 1. The Morgan fingerprint density at radius 1 is 1.00 bits per heavy atom. The molecule has 7 heteroatoms. The molecule has 2 N–H and O–H groups in total. The lowest BCUT2D eigenvalue weighted by molar-refractivity contribution is 0.0697. The van der Waals surface area contributed by atoms with Crippen LogP contribution in [0.2, 0.25) is 0 Å². The van der Waals surface area contributed by atoms with Crippen molar-refractivity contribution in [3.8, 4) is 0 Å². The first-order chi connectivity index (χ1) is 12.7. The Bertz CT molecular complexity index is 1060. The number of carbonyl (C=O) groups is 1. The van der Waals surface area contributed by atoms with E-state index in [1.807, 2.05) is 36.4 Å². The third-order valence-electron chi connectivity index (χ3n) is 3.63. The minimum absolute atomic E-state index is 0.176. The zero-order valence-corrected chi connectivity index (χ0v) is 14.2. The quantitative estimate of drug-likeness (QED) is 0.526. The van der Waals surface area contributed by atoms with Crippen LogP contribution in [-0.2, 0) is 0 Å². The number of fused-ring (bicyclic) bond motifs is 1. The molecule has 0 fully saturated rings. The van der Waals surface area contributed by atoms with Gasteiger partial charge in [-0.15, -0.1) is 0 Å². The number of anilines is 2. The van der Waals surface area contributed by atoms with Gasteiger partial charge in [0.25, 0.3) is 6.01 Å². The molecule has 0 aliphatic heterocycles. The second-order valence-corrected chi connectivity index (χ2v) is 6.59. The number of aromatic nitrogens is 2. The largest absolute Gasteiger partial charge is 0.478 e. The van der Waals surface area contributed by atoms with E-state index in [0.29, 0.717) is 17.1 Å². The molecule has 0 bridgehead atoms. The minimum atomic E-state index is -0.994. The molecular weight excluding hydrogens is 350 g/mol. The van der Waals surface area contributed by atoms with E-state index in [1.165, 1.54) is 12.1 Å². The number of benzene rings is 2. The van der Waals surface area contributed by atoms with Gasteiger partial charge in [-0.1, -0.05) is 11.8 Å². The Morgan fingerprint density at radius 2 is 1.73 bits per heavy atom. The van der Waals surface area contributed by atoms with Crippen molar-refractivity contribution < 1.29 is 14.3 Å². The van der Waals surface area contributed by atoms with Gasteiger partial charge >= 0.3 is 5.97 Å². The number of carboxylic acid groups (broad SMARTS) is 1. The van der Waals surface area contributed by atoms with Gasteiger partial charge in [0.1, 0.15) is 5.52 Å². The van der Waals surface area contributed by atoms with Gasteiger partial charge < -0.3 is 14.8 Å². The van der Waals surface area contributed by atoms with Crippen LogP contribution in [0.1, 0.15) is 10.4 Å². The topological polar surface area (TPSA) is 88.2 Å². The lowest BCUT2D eigenvalue weighted by atomic mass is 10.2. The molecule has 0 aliphatic carbocycles. The zero-order chi connectivity index (χ0) is 17.9. The summed E-state index contributed by atoms with van der Waals surface area (Å²) in [6.45, 7) is 0. The normalized spacial score (nSPS) is 10.8. The van der Waals surface area contributed by atoms with E-state index in [4.69, 9.17) is 9.52 Å². The predicted molar refractivity (Wildman–Crippen MR) is 99.1 cm³/mol. The summed E-state index contributed by atoms with van der Waals surface area (Å²) in [4.78, 5) is 21.5. The molecule has 0 unspecified atom stereocenters. The predicted octanol–water partition coefficient (Wildman–Crippen LogP) is 4.82. The summed E-state index contributed by atoms with van der Waals surface area (Å²) in [6.07, 6.45) is 3.53. The highest BCUT2D eigenvalue weighted by atomic mass is 32.2. The van der Waals surface area contributed by atoms with Gasteiger partial charge in [-0.25, -0.2) is 4.79 Å². The molecule has 2 aromatic carbocycles. The van der Waals surface area contributed by atoms with Crippen LogP contribution in [0, 0.1) is 0 Å². The highest BCUT2D eigenvalue weighted by Crippen LogP contribution is 2.29. The number of rotatable bonds is 5. The molecule has 4 aromatic rings. The highest BCUT2D eigenvalue weighted by molar-refractivity contribution is 7.99. The molecular formula is C19H13N3O3S. The molecule has 6 nitrogen and oxygen atoms in total. The highest BCUT2D eigenvalue weighted by Gasteiger charge is 2.10. The van der Waals surface area contributed by atoms with Crippen molar-refractivity contribution in [2.75, 3.05) is 5.32 Å². The van der Waals surface area contributed by atoms with E-state index >= 15 is 0 Å². The fourth-order valence-electron chi connectivity index (χ4n) is 2.39. The Kier molecular flexibility index (Phi) is 4.28. The van der Waals surface area contributed by atoms with E-state index in [9.17, 15) is 4.79 Å². The van der Waals surface area contributed by atoms with E-state index < -0.39 is 5.97 Å². The monoisotopic (exact) mass is 363 g/mol. The molecule has 0 spiro atoms. The summed E-state index contributed by atoms with van der Waals surface area (Å²) < 4.78 is 5.61. The first-order valence-electron chi connectivity index (χ1n) is 7.76. The standard InChI is InChI=1S/C19H13N3O3S/c23-18(24)12-1-6-17-16(11-12)22-19(25-17)21-13-2-4-14(5-3-13)26-15-7-9-20-10-8-15/h1-11H,(H,21,22)(H,23,24). The smallest absolute Gasteiger partial charge is 0.335 e. The zero-order valence-electron chi connectivity index (χ0n) is 13.4. The molecule has 0 amide bonds. The van der Waals surface area contributed by atoms with Crippen molar-refractivity contribution in [3.05, 3.63) is 72.6 Å². The number of carboxylic acids is 1. The third kappa shape index (κ3) is 3.52. The maximum absolute atomic E-state index is 11.0. The van der Waals surface area contributed by atoms with Gasteiger partial charge in [0, 0.05) is 27.9 Å². The average molecular weight is 363 g/mol. The number of hydrogen-bond acceptors (Lipinski definition) is 6. The Labute approximate surface area is 152 Å². The van der Waals surface area contributed by atoms with Crippen molar-refractivity contribution in [3.63, 3.8) is 0 Å². The lowest BCUT2D eigenvalue weighted by Crippen LogP contribution is -1.94. The SMILES string of the molecule is O=C(O)c1ccc2oc(Nc3ccc(Sc4ccncc4)cc3)nc2c1. The summed E-state index contributed by atoms with van der Waals surface area (Å²) in [5, 5.41) is 12.1. The van der Waals surface area contributed by atoms with Crippen LogP contribution in [0.15, 0.2) is 81.2 Å². The minimum Gasteiger partial charge on any atom is -0.478 e. The molecule has 2 heterocycles. The van der Waals surface area contributed by atoms with Crippen LogP contribution < -0.4 is 5.32 Å². The van der Waals surface area contributed by atoms with Gasteiger partial charge in [0.15, 0.2) is 5.58 Å². The van der Waals surface area contributed by atoms with E-state index in [1.54, 1.807) is 30.2 Å². The molecule has 26 heavy (non-hydrogen) atoms. The van der Waals surface area contributed by atoms with Gasteiger partial charge in [-0.2, -0.15) is 4.98 Å². The van der Waals surface area contributed by atoms with Gasteiger partial charge in [0.2, 0.25) is 0 Å². The molecule has 0 aliphatic rings.